The van der Waals surface area contributed by atoms with Gasteiger partial charge in [-0.2, -0.15) is 5.10 Å². The van der Waals surface area contributed by atoms with Gasteiger partial charge in [-0.1, -0.05) is 19.9 Å². The average Bonchev–Trinajstić information content (AvgIpc) is 2.91. The highest BCUT2D eigenvalue weighted by Gasteiger charge is 2.04. The Morgan fingerprint density at radius 3 is 3.00 bits per heavy atom. The van der Waals surface area contributed by atoms with E-state index in [0.29, 0.717) is 5.92 Å². The molecular formula is C13H19N3S. The Bertz CT molecular complexity index is 431. The van der Waals surface area contributed by atoms with E-state index >= 15 is 0 Å². The maximum Gasteiger partial charge on any atom is 0.0755 e. The minimum absolute atomic E-state index is 0.684. The first-order chi connectivity index (χ1) is 8.25. The van der Waals surface area contributed by atoms with E-state index in [-0.39, 0.29) is 0 Å². The number of aromatic nitrogens is 2. The molecular weight excluding hydrogens is 230 g/mol. The second-order valence-corrected chi connectivity index (χ2v) is 5.62. The van der Waals surface area contributed by atoms with Gasteiger partial charge >= 0.3 is 0 Å². The molecule has 2 rings (SSSR count). The lowest BCUT2D eigenvalue weighted by Gasteiger charge is -2.09. The molecule has 0 radical (unpaired) electrons. The van der Waals surface area contributed by atoms with Crippen LogP contribution in [0.4, 0.5) is 0 Å². The molecule has 0 spiro atoms. The normalized spacial score (nSPS) is 11.2. The van der Waals surface area contributed by atoms with Crippen LogP contribution in [0.25, 0.3) is 0 Å². The van der Waals surface area contributed by atoms with Gasteiger partial charge in [0.2, 0.25) is 0 Å². The molecule has 0 aliphatic rings. The third-order valence-corrected chi connectivity index (χ3v) is 3.41. The van der Waals surface area contributed by atoms with Crippen molar-refractivity contribution in [1.29, 1.82) is 0 Å². The van der Waals surface area contributed by atoms with Gasteiger partial charge in [-0.05, 0) is 30.0 Å². The molecule has 0 aliphatic heterocycles. The van der Waals surface area contributed by atoms with Crippen LogP contribution in [0.3, 0.4) is 0 Å². The molecule has 3 nitrogen and oxygen atoms in total. The lowest BCUT2D eigenvalue weighted by atomic mass is 10.2. The fourth-order valence-electron chi connectivity index (χ4n) is 1.69. The van der Waals surface area contributed by atoms with Gasteiger partial charge < -0.3 is 5.32 Å². The quantitative estimate of drug-likeness (QED) is 0.853. The molecule has 0 saturated carbocycles. The van der Waals surface area contributed by atoms with Crippen LogP contribution in [0.5, 0.6) is 0 Å². The largest absolute Gasteiger partial charge is 0.311 e. The van der Waals surface area contributed by atoms with Gasteiger partial charge in [0.1, 0.15) is 0 Å². The first-order valence-electron chi connectivity index (χ1n) is 5.99. The Morgan fingerprint density at radius 2 is 2.29 bits per heavy atom. The number of hydrogen-bond donors (Lipinski definition) is 1. The van der Waals surface area contributed by atoms with Gasteiger partial charge in [-0.3, -0.25) is 4.68 Å². The molecule has 92 valence electrons. The summed E-state index contributed by atoms with van der Waals surface area (Å²) in [6.45, 7) is 7.25. The minimum atomic E-state index is 0.684. The first-order valence-corrected chi connectivity index (χ1v) is 6.87. The van der Waals surface area contributed by atoms with Crippen molar-refractivity contribution in [3.8, 4) is 0 Å². The zero-order valence-corrected chi connectivity index (χ0v) is 11.2. The van der Waals surface area contributed by atoms with Gasteiger partial charge in [-0.25, -0.2) is 0 Å². The van der Waals surface area contributed by atoms with Gasteiger partial charge in [0, 0.05) is 17.6 Å². The molecule has 0 saturated heterocycles. The van der Waals surface area contributed by atoms with E-state index in [1.54, 1.807) is 11.3 Å². The number of hydrogen-bond acceptors (Lipinski definition) is 3. The third kappa shape index (κ3) is 3.68. The summed E-state index contributed by atoms with van der Waals surface area (Å²) in [5.74, 6) is 0.684. The smallest absolute Gasteiger partial charge is 0.0755 e. The zero-order chi connectivity index (χ0) is 12.1. The van der Waals surface area contributed by atoms with Crippen LogP contribution >= 0.6 is 11.3 Å². The second kappa shape index (κ2) is 5.98. The SMILES string of the molecule is CC(C)CNCc1ccnn1Cc1cccs1. The summed E-state index contributed by atoms with van der Waals surface area (Å²) in [6, 6.07) is 6.32. The summed E-state index contributed by atoms with van der Waals surface area (Å²) >= 11 is 1.78. The van der Waals surface area contributed by atoms with Crippen LogP contribution in [0.1, 0.15) is 24.4 Å². The molecule has 0 bridgehead atoms. The number of nitrogens with zero attached hydrogens (tertiary/aromatic N) is 2. The molecule has 0 aliphatic carbocycles. The van der Waals surface area contributed by atoms with Crippen LogP contribution in [0.15, 0.2) is 29.8 Å². The Hall–Kier alpha value is -1.13. The molecule has 0 fully saturated rings. The van der Waals surface area contributed by atoms with E-state index in [1.807, 2.05) is 6.20 Å². The zero-order valence-electron chi connectivity index (χ0n) is 10.4. The number of nitrogens with one attached hydrogen (secondary N) is 1. The van der Waals surface area contributed by atoms with E-state index in [1.165, 1.54) is 10.6 Å². The van der Waals surface area contributed by atoms with Crippen molar-refractivity contribution in [1.82, 2.24) is 15.1 Å². The van der Waals surface area contributed by atoms with Crippen molar-refractivity contribution in [2.45, 2.75) is 26.9 Å². The Labute approximate surface area is 106 Å². The molecule has 2 aromatic heterocycles. The second-order valence-electron chi connectivity index (χ2n) is 4.58. The standard InChI is InChI=1S/C13H19N3S/c1-11(2)8-14-9-12-5-6-15-16(12)10-13-4-3-7-17-13/h3-7,11,14H,8-10H2,1-2H3. The van der Waals surface area contributed by atoms with Crippen molar-refractivity contribution in [3.05, 3.63) is 40.3 Å². The Kier molecular flexibility index (Phi) is 4.34. The number of thiophene rings is 1. The van der Waals surface area contributed by atoms with Gasteiger partial charge in [-0.15, -0.1) is 11.3 Å². The summed E-state index contributed by atoms with van der Waals surface area (Å²) in [4.78, 5) is 1.35. The molecule has 2 aromatic rings. The maximum absolute atomic E-state index is 4.37. The molecule has 17 heavy (non-hydrogen) atoms. The van der Waals surface area contributed by atoms with Crippen molar-refractivity contribution in [3.63, 3.8) is 0 Å². The molecule has 4 heteroatoms. The van der Waals surface area contributed by atoms with E-state index < -0.39 is 0 Å². The van der Waals surface area contributed by atoms with Crippen molar-refractivity contribution < 1.29 is 0 Å². The van der Waals surface area contributed by atoms with Crippen LogP contribution in [-0.4, -0.2) is 16.3 Å². The van der Waals surface area contributed by atoms with Crippen molar-refractivity contribution >= 4 is 11.3 Å². The van der Waals surface area contributed by atoms with E-state index in [9.17, 15) is 0 Å². The molecule has 1 N–H and O–H groups in total. The van der Waals surface area contributed by atoms with Crippen LogP contribution in [0, 0.1) is 5.92 Å². The van der Waals surface area contributed by atoms with Gasteiger partial charge in [0.25, 0.3) is 0 Å². The summed E-state index contributed by atoms with van der Waals surface area (Å²) in [6.07, 6.45) is 1.87. The first kappa shape index (κ1) is 12.3. The summed E-state index contributed by atoms with van der Waals surface area (Å²) in [5.41, 5.74) is 1.25. The Morgan fingerprint density at radius 1 is 1.41 bits per heavy atom. The van der Waals surface area contributed by atoms with Gasteiger partial charge in [0.15, 0.2) is 0 Å². The molecule has 2 heterocycles. The van der Waals surface area contributed by atoms with E-state index in [4.69, 9.17) is 0 Å². The van der Waals surface area contributed by atoms with E-state index in [2.05, 4.69) is 52.5 Å². The topological polar surface area (TPSA) is 29.9 Å². The lowest BCUT2D eigenvalue weighted by Crippen LogP contribution is -2.21. The van der Waals surface area contributed by atoms with Crippen LogP contribution in [-0.2, 0) is 13.1 Å². The highest BCUT2D eigenvalue weighted by molar-refractivity contribution is 7.09. The molecule has 0 unspecified atom stereocenters. The summed E-state index contributed by atoms with van der Waals surface area (Å²) in [5, 5.41) is 9.93. The molecule has 0 aromatic carbocycles. The molecule has 0 atom stereocenters. The predicted molar refractivity (Wildman–Crippen MR) is 72.2 cm³/mol. The fourth-order valence-corrected chi connectivity index (χ4v) is 2.38. The third-order valence-electron chi connectivity index (χ3n) is 2.55. The van der Waals surface area contributed by atoms with Gasteiger partial charge in [0.05, 0.1) is 12.2 Å². The summed E-state index contributed by atoms with van der Waals surface area (Å²) in [7, 11) is 0. The molecule has 0 amide bonds. The lowest BCUT2D eigenvalue weighted by molar-refractivity contribution is 0.530. The highest BCUT2D eigenvalue weighted by atomic mass is 32.1. The van der Waals surface area contributed by atoms with Crippen LogP contribution < -0.4 is 5.32 Å². The van der Waals surface area contributed by atoms with Crippen molar-refractivity contribution in [2.24, 2.45) is 5.92 Å². The minimum Gasteiger partial charge on any atom is -0.311 e. The monoisotopic (exact) mass is 249 g/mol. The maximum atomic E-state index is 4.37. The average molecular weight is 249 g/mol. The fraction of sp³-hybridized carbons (Fsp3) is 0.462. The predicted octanol–water partition coefficient (Wildman–Crippen LogP) is 2.74. The summed E-state index contributed by atoms with van der Waals surface area (Å²) < 4.78 is 2.07. The van der Waals surface area contributed by atoms with Crippen molar-refractivity contribution in [2.75, 3.05) is 6.54 Å². The number of rotatable bonds is 6. The highest BCUT2D eigenvalue weighted by Crippen LogP contribution is 2.11. The Balaban J connectivity index is 1.92. The van der Waals surface area contributed by atoms with E-state index in [0.717, 1.165) is 19.6 Å². The van der Waals surface area contributed by atoms with Crippen LogP contribution in [0.2, 0.25) is 0 Å².